The molecule has 0 saturated heterocycles. The van der Waals surface area contributed by atoms with E-state index in [9.17, 15) is 19.5 Å². The molecule has 1 saturated carbocycles. The highest BCUT2D eigenvalue weighted by atomic mass is 16.4. The van der Waals surface area contributed by atoms with Gasteiger partial charge in [0.15, 0.2) is 0 Å². The maximum absolute atomic E-state index is 12.2. The van der Waals surface area contributed by atoms with Gasteiger partial charge in [-0.15, -0.1) is 0 Å². The Balaban J connectivity index is 2.17. The van der Waals surface area contributed by atoms with Gasteiger partial charge in [-0.3, -0.25) is 14.4 Å². The van der Waals surface area contributed by atoms with Gasteiger partial charge in [-0.25, -0.2) is 0 Å². The first kappa shape index (κ1) is 15.0. The van der Waals surface area contributed by atoms with Gasteiger partial charge in [0.2, 0.25) is 11.8 Å². The van der Waals surface area contributed by atoms with Gasteiger partial charge >= 0.3 is 5.97 Å². The minimum absolute atomic E-state index is 0.125. The van der Waals surface area contributed by atoms with Gasteiger partial charge in [0.05, 0.1) is 0 Å². The molecule has 2 amide bonds. The Kier molecular flexibility index (Phi) is 3.97. The van der Waals surface area contributed by atoms with E-state index in [1.165, 1.54) is 11.8 Å². The molecule has 112 valence electrons. The number of anilines is 2. The van der Waals surface area contributed by atoms with Crippen molar-refractivity contribution in [3.05, 3.63) is 24.3 Å². The molecule has 1 aliphatic rings. The number of amides is 2. The van der Waals surface area contributed by atoms with Crippen molar-refractivity contribution in [3.8, 4) is 0 Å². The average molecular weight is 290 g/mol. The van der Waals surface area contributed by atoms with Gasteiger partial charge in [-0.05, 0) is 31.0 Å². The predicted octanol–water partition coefficient (Wildman–Crippen LogP) is 1.86. The molecule has 0 bridgehead atoms. The lowest BCUT2D eigenvalue weighted by Crippen LogP contribution is -2.48. The van der Waals surface area contributed by atoms with E-state index in [1.54, 1.807) is 31.3 Å². The van der Waals surface area contributed by atoms with Gasteiger partial charge in [0.1, 0.15) is 5.41 Å². The molecule has 2 N–H and O–H groups in total. The molecule has 0 heterocycles. The van der Waals surface area contributed by atoms with Crippen molar-refractivity contribution in [2.75, 3.05) is 17.3 Å². The summed E-state index contributed by atoms with van der Waals surface area (Å²) in [7, 11) is 1.63. The highest BCUT2D eigenvalue weighted by Crippen LogP contribution is 2.42. The third kappa shape index (κ3) is 2.74. The number of rotatable bonds is 4. The molecule has 6 nitrogen and oxygen atoms in total. The molecule has 0 unspecified atom stereocenters. The summed E-state index contributed by atoms with van der Waals surface area (Å²) in [6.45, 7) is 1.44. The van der Waals surface area contributed by atoms with Gasteiger partial charge in [-0.2, -0.15) is 0 Å². The number of benzene rings is 1. The lowest BCUT2D eigenvalue weighted by atomic mass is 9.68. The zero-order valence-corrected chi connectivity index (χ0v) is 12.0. The number of carbonyl (C=O) groups excluding carboxylic acids is 2. The highest BCUT2D eigenvalue weighted by molar-refractivity contribution is 6.09. The molecule has 0 spiro atoms. The summed E-state index contributed by atoms with van der Waals surface area (Å²) < 4.78 is 0. The Labute approximate surface area is 122 Å². The van der Waals surface area contributed by atoms with Gasteiger partial charge in [0, 0.05) is 25.3 Å². The highest BCUT2D eigenvalue weighted by Gasteiger charge is 2.51. The number of hydrogen-bond donors (Lipinski definition) is 2. The van der Waals surface area contributed by atoms with E-state index >= 15 is 0 Å². The van der Waals surface area contributed by atoms with Crippen molar-refractivity contribution >= 4 is 29.2 Å². The first-order chi connectivity index (χ1) is 9.86. The molecular formula is C15H18N2O4. The summed E-state index contributed by atoms with van der Waals surface area (Å²) in [6, 6.07) is 6.77. The van der Waals surface area contributed by atoms with E-state index in [-0.39, 0.29) is 5.91 Å². The van der Waals surface area contributed by atoms with E-state index < -0.39 is 17.3 Å². The molecule has 21 heavy (non-hydrogen) atoms. The zero-order valence-electron chi connectivity index (χ0n) is 12.0. The number of aliphatic carboxylic acids is 1. The maximum atomic E-state index is 12.2. The fraction of sp³-hybridized carbons (Fsp3) is 0.400. The fourth-order valence-electron chi connectivity index (χ4n) is 2.29. The quantitative estimate of drug-likeness (QED) is 0.829. The van der Waals surface area contributed by atoms with Crippen LogP contribution in [0.25, 0.3) is 0 Å². The number of carboxylic acids is 1. The number of nitrogens with one attached hydrogen (secondary N) is 1. The third-order valence-corrected chi connectivity index (χ3v) is 4.01. The van der Waals surface area contributed by atoms with Crippen LogP contribution in [0.3, 0.4) is 0 Å². The summed E-state index contributed by atoms with van der Waals surface area (Å²) in [4.78, 5) is 36.3. The first-order valence-electron chi connectivity index (χ1n) is 6.76. The van der Waals surface area contributed by atoms with Gasteiger partial charge in [-0.1, -0.05) is 12.5 Å². The minimum Gasteiger partial charge on any atom is -0.480 e. The molecule has 1 fully saturated rings. The van der Waals surface area contributed by atoms with Crippen molar-refractivity contribution in [3.63, 3.8) is 0 Å². The van der Waals surface area contributed by atoms with Crippen LogP contribution in [0.4, 0.5) is 11.4 Å². The Morgan fingerprint density at radius 1 is 1.29 bits per heavy atom. The van der Waals surface area contributed by atoms with Crippen LogP contribution < -0.4 is 10.2 Å². The van der Waals surface area contributed by atoms with Crippen LogP contribution in [-0.4, -0.2) is 29.9 Å². The zero-order chi connectivity index (χ0) is 15.6. The average Bonchev–Trinajstić information content (AvgIpc) is 2.36. The van der Waals surface area contributed by atoms with Crippen molar-refractivity contribution in [1.82, 2.24) is 0 Å². The lowest BCUT2D eigenvalue weighted by Gasteiger charge is -2.35. The molecule has 0 aliphatic heterocycles. The Bertz CT molecular complexity index is 593. The SMILES string of the molecule is CC(=O)N(C)c1cccc(NC(=O)C2(C(=O)O)CCC2)c1. The van der Waals surface area contributed by atoms with Crippen LogP contribution in [0, 0.1) is 5.41 Å². The summed E-state index contributed by atoms with van der Waals surface area (Å²) >= 11 is 0. The molecule has 6 heteroatoms. The molecule has 1 aromatic carbocycles. The number of carboxylic acid groups (broad SMARTS) is 1. The largest absolute Gasteiger partial charge is 0.480 e. The number of nitrogens with zero attached hydrogens (tertiary/aromatic N) is 1. The second-order valence-corrected chi connectivity index (χ2v) is 5.32. The number of carbonyl (C=O) groups is 3. The molecular weight excluding hydrogens is 272 g/mol. The summed E-state index contributed by atoms with van der Waals surface area (Å²) in [5, 5.41) is 11.9. The van der Waals surface area contributed by atoms with Crippen molar-refractivity contribution in [2.24, 2.45) is 5.41 Å². The van der Waals surface area contributed by atoms with E-state index in [2.05, 4.69) is 5.32 Å². The van der Waals surface area contributed by atoms with Crippen LogP contribution in [0.5, 0.6) is 0 Å². The lowest BCUT2D eigenvalue weighted by molar-refractivity contribution is -0.159. The molecule has 0 radical (unpaired) electrons. The molecule has 1 aromatic rings. The van der Waals surface area contributed by atoms with E-state index in [4.69, 9.17) is 0 Å². The Morgan fingerprint density at radius 3 is 2.43 bits per heavy atom. The van der Waals surface area contributed by atoms with Crippen LogP contribution in [0.2, 0.25) is 0 Å². The maximum Gasteiger partial charge on any atom is 0.319 e. The van der Waals surface area contributed by atoms with E-state index in [1.807, 2.05) is 0 Å². The second-order valence-electron chi connectivity index (χ2n) is 5.32. The van der Waals surface area contributed by atoms with Crippen molar-refractivity contribution < 1.29 is 19.5 Å². The van der Waals surface area contributed by atoms with Crippen LogP contribution in [0.15, 0.2) is 24.3 Å². The summed E-state index contributed by atoms with van der Waals surface area (Å²) in [5.74, 6) is -1.70. The second kappa shape index (κ2) is 5.55. The Morgan fingerprint density at radius 2 is 1.95 bits per heavy atom. The predicted molar refractivity (Wildman–Crippen MR) is 78.1 cm³/mol. The smallest absolute Gasteiger partial charge is 0.319 e. The van der Waals surface area contributed by atoms with E-state index in [0.717, 1.165) is 6.42 Å². The van der Waals surface area contributed by atoms with Gasteiger partial charge in [0.25, 0.3) is 0 Å². The first-order valence-corrected chi connectivity index (χ1v) is 6.76. The monoisotopic (exact) mass is 290 g/mol. The van der Waals surface area contributed by atoms with Crippen LogP contribution in [-0.2, 0) is 14.4 Å². The molecule has 0 aromatic heterocycles. The summed E-state index contributed by atoms with van der Waals surface area (Å²) in [5.41, 5.74) is -0.181. The fourth-order valence-corrected chi connectivity index (χ4v) is 2.29. The molecule has 1 aliphatic carbocycles. The standard InChI is InChI=1S/C15H18N2O4/c1-10(18)17(2)12-6-3-5-11(9-12)16-13(19)15(14(20)21)7-4-8-15/h3,5-6,9H,4,7-8H2,1-2H3,(H,16,19)(H,20,21). The number of hydrogen-bond acceptors (Lipinski definition) is 3. The summed E-state index contributed by atoms with van der Waals surface area (Å²) in [6.07, 6.45) is 1.47. The van der Waals surface area contributed by atoms with Crippen LogP contribution >= 0.6 is 0 Å². The van der Waals surface area contributed by atoms with E-state index in [0.29, 0.717) is 24.2 Å². The van der Waals surface area contributed by atoms with Gasteiger partial charge < -0.3 is 15.3 Å². The minimum atomic E-state index is -1.30. The van der Waals surface area contributed by atoms with Crippen LogP contribution in [0.1, 0.15) is 26.2 Å². The topological polar surface area (TPSA) is 86.7 Å². The normalized spacial score (nSPS) is 15.7. The third-order valence-electron chi connectivity index (χ3n) is 4.01. The van der Waals surface area contributed by atoms with Crippen molar-refractivity contribution in [1.29, 1.82) is 0 Å². The van der Waals surface area contributed by atoms with Crippen molar-refractivity contribution in [2.45, 2.75) is 26.2 Å². The molecule has 0 atom stereocenters. The molecule has 2 rings (SSSR count). The Hall–Kier alpha value is -2.37.